The van der Waals surface area contributed by atoms with E-state index in [2.05, 4.69) is 6.92 Å². The first-order valence-corrected chi connectivity index (χ1v) is 2.89. The van der Waals surface area contributed by atoms with Crippen LogP contribution < -0.4 is 12.3 Å². The van der Waals surface area contributed by atoms with Crippen molar-refractivity contribution in [3.05, 3.63) is 0 Å². The second-order valence-corrected chi connectivity index (χ2v) is 2.39. The fourth-order valence-electron chi connectivity index (χ4n) is 1.13. The zero-order chi connectivity index (χ0) is 4.41. The molecule has 1 aliphatic carbocycles. The van der Waals surface area contributed by atoms with Gasteiger partial charge < -0.3 is 12.3 Å². The highest BCUT2D eigenvalue weighted by Crippen LogP contribution is 2.22. The van der Waals surface area contributed by atoms with Gasteiger partial charge in [0.1, 0.15) is 0 Å². The van der Waals surface area contributed by atoms with Gasteiger partial charge in [0.15, 0.2) is 0 Å². The minimum absolute atomic E-state index is 0. The molecule has 1 fully saturated rings. The molecule has 0 amide bonds. The standard InChI is InChI=1S/C6H12.2H3N/c1-6-4-2-3-5-6;;/h6H,2-5H2,1H3;2*1H3. The predicted molar refractivity (Wildman–Crippen MR) is 37.7 cm³/mol. The highest BCUT2D eigenvalue weighted by atomic mass is 14.1. The van der Waals surface area contributed by atoms with Crippen LogP contribution in [-0.4, -0.2) is 0 Å². The fourth-order valence-corrected chi connectivity index (χ4v) is 1.13. The molecule has 0 spiro atoms. The van der Waals surface area contributed by atoms with Crippen LogP contribution in [0.2, 0.25) is 0 Å². The molecule has 0 aromatic heterocycles. The van der Waals surface area contributed by atoms with Crippen LogP contribution in [0.3, 0.4) is 0 Å². The predicted octanol–water partition coefficient (Wildman–Crippen LogP) is 2.52. The molecule has 0 bridgehead atoms. The summed E-state index contributed by atoms with van der Waals surface area (Å²) in [6, 6.07) is 0. The molecule has 0 atom stereocenters. The second-order valence-electron chi connectivity index (χ2n) is 2.39. The number of rotatable bonds is 0. The average molecular weight is 118 g/mol. The first kappa shape index (κ1) is 10.8. The molecule has 52 valence electrons. The highest BCUT2D eigenvalue weighted by molar-refractivity contribution is 4.60. The lowest BCUT2D eigenvalue weighted by Crippen LogP contribution is -1.78. The Kier molecular flexibility index (Phi) is 6.85. The summed E-state index contributed by atoms with van der Waals surface area (Å²) in [5.74, 6) is 1.05. The first-order chi connectivity index (χ1) is 2.89. The molecule has 1 aliphatic rings. The van der Waals surface area contributed by atoms with E-state index < -0.39 is 0 Å². The van der Waals surface area contributed by atoms with Crippen molar-refractivity contribution in [2.75, 3.05) is 0 Å². The second kappa shape index (κ2) is 5.06. The van der Waals surface area contributed by atoms with Crippen LogP contribution in [-0.2, 0) is 0 Å². The Bertz CT molecular complexity index is 39.8. The Morgan fingerprint density at radius 3 is 1.50 bits per heavy atom. The van der Waals surface area contributed by atoms with Gasteiger partial charge >= 0.3 is 0 Å². The van der Waals surface area contributed by atoms with Gasteiger partial charge in [-0.25, -0.2) is 0 Å². The first-order valence-electron chi connectivity index (χ1n) is 2.89. The van der Waals surface area contributed by atoms with E-state index in [1.807, 2.05) is 0 Å². The Morgan fingerprint density at radius 1 is 1.00 bits per heavy atom. The van der Waals surface area contributed by atoms with Gasteiger partial charge in [-0.05, 0) is 5.92 Å². The third-order valence-electron chi connectivity index (χ3n) is 1.64. The van der Waals surface area contributed by atoms with E-state index in [0.717, 1.165) is 5.92 Å². The van der Waals surface area contributed by atoms with Crippen molar-refractivity contribution in [2.24, 2.45) is 5.92 Å². The minimum Gasteiger partial charge on any atom is -0.344 e. The van der Waals surface area contributed by atoms with Crippen LogP contribution in [0.15, 0.2) is 0 Å². The summed E-state index contributed by atoms with van der Waals surface area (Å²) < 4.78 is 0. The van der Waals surface area contributed by atoms with E-state index in [1.54, 1.807) is 0 Å². The maximum Gasteiger partial charge on any atom is -0.0443 e. The van der Waals surface area contributed by atoms with Gasteiger partial charge in [-0.15, -0.1) is 0 Å². The van der Waals surface area contributed by atoms with Crippen molar-refractivity contribution in [2.45, 2.75) is 32.6 Å². The third kappa shape index (κ3) is 2.99. The van der Waals surface area contributed by atoms with Crippen LogP contribution >= 0.6 is 0 Å². The summed E-state index contributed by atoms with van der Waals surface area (Å²) in [7, 11) is 0. The van der Waals surface area contributed by atoms with Crippen molar-refractivity contribution in [3.63, 3.8) is 0 Å². The Balaban J connectivity index is 0. The lowest BCUT2D eigenvalue weighted by molar-refractivity contribution is 0.612. The largest absolute Gasteiger partial charge is 0.344 e. The van der Waals surface area contributed by atoms with Gasteiger partial charge in [-0.1, -0.05) is 32.6 Å². The summed E-state index contributed by atoms with van der Waals surface area (Å²) in [5, 5.41) is 0. The van der Waals surface area contributed by atoms with Crippen molar-refractivity contribution in [1.29, 1.82) is 0 Å². The summed E-state index contributed by atoms with van der Waals surface area (Å²) in [5.41, 5.74) is 0. The smallest absolute Gasteiger partial charge is 0.0443 e. The average Bonchev–Trinajstić information content (AvgIpc) is 1.86. The Hall–Kier alpha value is -0.0800. The SMILES string of the molecule is CC1CCCC1.N.N. The molecule has 0 aliphatic heterocycles. The van der Waals surface area contributed by atoms with E-state index in [4.69, 9.17) is 0 Å². The topological polar surface area (TPSA) is 70.0 Å². The van der Waals surface area contributed by atoms with E-state index >= 15 is 0 Å². The van der Waals surface area contributed by atoms with Crippen molar-refractivity contribution in [1.82, 2.24) is 12.3 Å². The molecule has 2 nitrogen and oxygen atoms in total. The lowest BCUT2D eigenvalue weighted by Gasteiger charge is -1.91. The van der Waals surface area contributed by atoms with Crippen molar-refractivity contribution >= 4 is 0 Å². The molecule has 8 heavy (non-hydrogen) atoms. The maximum absolute atomic E-state index is 2.34. The maximum atomic E-state index is 2.34. The van der Waals surface area contributed by atoms with Crippen LogP contribution in [0.4, 0.5) is 0 Å². The third-order valence-corrected chi connectivity index (χ3v) is 1.64. The molecule has 0 aromatic rings. The zero-order valence-electron chi connectivity index (χ0n) is 5.82. The molecule has 0 aromatic carbocycles. The van der Waals surface area contributed by atoms with Crippen LogP contribution in [0.1, 0.15) is 32.6 Å². The van der Waals surface area contributed by atoms with Crippen LogP contribution in [0, 0.1) is 5.92 Å². The van der Waals surface area contributed by atoms with E-state index in [0.29, 0.717) is 0 Å². The molecule has 6 N–H and O–H groups in total. The normalized spacial score (nSPS) is 19.1. The summed E-state index contributed by atoms with van der Waals surface area (Å²) in [6.07, 6.45) is 5.95. The molecule has 1 saturated carbocycles. The van der Waals surface area contributed by atoms with Crippen molar-refractivity contribution in [3.8, 4) is 0 Å². The quantitative estimate of drug-likeness (QED) is 0.513. The van der Waals surface area contributed by atoms with Crippen LogP contribution in [0.5, 0.6) is 0 Å². The van der Waals surface area contributed by atoms with Crippen LogP contribution in [0.25, 0.3) is 0 Å². The molecule has 0 heterocycles. The van der Waals surface area contributed by atoms with Gasteiger partial charge in [-0.3, -0.25) is 0 Å². The summed E-state index contributed by atoms with van der Waals surface area (Å²) in [6.45, 7) is 2.34. The Morgan fingerprint density at radius 2 is 1.38 bits per heavy atom. The highest BCUT2D eigenvalue weighted by Gasteiger charge is 2.07. The minimum atomic E-state index is 0. The molecule has 0 unspecified atom stereocenters. The Labute approximate surface area is 51.8 Å². The van der Waals surface area contributed by atoms with Gasteiger partial charge in [0.05, 0.1) is 0 Å². The molecule has 0 saturated heterocycles. The lowest BCUT2D eigenvalue weighted by atomic mass is 10.2. The molecule has 2 heteroatoms. The number of hydrogen-bond donors (Lipinski definition) is 2. The van der Waals surface area contributed by atoms with Gasteiger partial charge in [0.2, 0.25) is 0 Å². The summed E-state index contributed by atoms with van der Waals surface area (Å²) >= 11 is 0. The molecular formula is C6H18N2. The van der Waals surface area contributed by atoms with Gasteiger partial charge in [-0.2, -0.15) is 0 Å². The van der Waals surface area contributed by atoms with E-state index in [9.17, 15) is 0 Å². The monoisotopic (exact) mass is 118 g/mol. The summed E-state index contributed by atoms with van der Waals surface area (Å²) in [4.78, 5) is 0. The zero-order valence-corrected chi connectivity index (χ0v) is 5.82. The molecule has 0 radical (unpaired) electrons. The van der Waals surface area contributed by atoms with Gasteiger partial charge in [0, 0.05) is 0 Å². The van der Waals surface area contributed by atoms with E-state index in [1.165, 1.54) is 25.7 Å². The fraction of sp³-hybridized carbons (Fsp3) is 1.00. The van der Waals surface area contributed by atoms with Crippen molar-refractivity contribution < 1.29 is 0 Å². The molecule has 1 rings (SSSR count). The number of hydrogen-bond acceptors (Lipinski definition) is 2. The van der Waals surface area contributed by atoms with E-state index in [-0.39, 0.29) is 12.3 Å². The molecular weight excluding hydrogens is 100 g/mol. The van der Waals surface area contributed by atoms with Gasteiger partial charge in [0.25, 0.3) is 0 Å².